The number of rotatable bonds is 6. The molecule has 0 radical (unpaired) electrons. The molecule has 0 bridgehead atoms. The third kappa shape index (κ3) is 3.87. The fourth-order valence-corrected chi connectivity index (χ4v) is 3.47. The second-order valence-electron chi connectivity index (χ2n) is 7.22. The number of pyridine rings is 2. The zero-order valence-electron chi connectivity index (χ0n) is 16.1. The maximum absolute atomic E-state index is 12.4. The largest absolute Gasteiger partial charge is 0.313 e. The van der Waals surface area contributed by atoms with Crippen LogP contribution in [-0.4, -0.2) is 32.3 Å². The molecule has 7 nitrogen and oxygen atoms in total. The second kappa shape index (κ2) is 7.63. The van der Waals surface area contributed by atoms with Gasteiger partial charge in [-0.15, -0.1) is 0 Å². The highest BCUT2D eigenvalue weighted by Gasteiger charge is 2.33. The average molecular weight is 395 g/mol. The number of anilines is 3. The van der Waals surface area contributed by atoms with Crippen molar-refractivity contribution in [1.82, 2.24) is 19.3 Å². The molecule has 1 aliphatic carbocycles. The van der Waals surface area contributed by atoms with Gasteiger partial charge in [-0.05, 0) is 48.6 Å². The number of hydrogen-bond donors (Lipinski definition) is 1. The van der Waals surface area contributed by atoms with Gasteiger partial charge in [-0.25, -0.2) is 4.98 Å². The van der Waals surface area contributed by atoms with Crippen molar-refractivity contribution in [3.8, 4) is 11.5 Å². The average Bonchev–Trinajstić information content (AvgIpc) is 3.46. The topological polar surface area (TPSA) is 83.9 Å². The van der Waals surface area contributed by atoms with Crippen LogP contribution in [0.15, 0.2) is 36.7 Å². The van der Waals surface area contributed by atoms with Crippen LogP contribution in [0.3, 0.4) is 0 Å². The number of aromatic nitrogens is 4. The van der Waals surface area contributed by atoms with Crippen molar-refractivity contribution in [3.63, 3.8) is 0 Å². The normalized spacial score (nSPS) is 13.6. The molecule has 28 heavy (non-hydrogen) atoms. The molecule has 1 aliphatic rings. The molecule has 8 heteroatoms. The minimum atomic E-state index is 0.128. The molecule has 3 aromatic heterocycles. The van der Waals surface area contributed by atoms with Crippen molar-refractivity contribution in [2.75, 3.05) is 17.3 Å². The summed E-state index contributed by atoms with van der Waals surface area (Å²) in [6.07, 6.45) is 5.41. The molecule has 0 saturated heterocycles. The highest BCUT2D eigenvalue weighted by molar-refractivity contribution is 7.09. The number of nitrogens with zero attached hydrogens (tertiary/aromatic N) is 5. The van der Waals surface area contributed by atoms with Gasteiger partial charge in [0.15, 0.2) is 11.6 Å². The predicted molar refractivity (Wildman–Crippen MR) is 111 cm³/mol. The molecule has 1 amide bonds. The molecule has 1 N–H and O–H groups in total. The van der Waals surface area contributed by atoms with Gasteiger partial charge in [0.2, 0.25) is 11.0 Å². The monoisotopic (exact) mass is 394 g/mol. The molecular weight excluding hydrogens is 372 g/mol. The molecular formula is C20H22N6OS. The Bertz CT molecular complexity index is 998. The Hall–Kier alpha value is -2.87. The van der Waals surface area contributed by atoms with Gasteiger partial charge in [0.1, 0.15) is 5.69 Å². The standard InChI is InChI=1S/C20H22N6OS/c1-12(2)14-8-10-21-15(11-14)17-23-20(28-25-17)24-18-16(5-4-9-22-18)26(3)19(27)13-6-7-13/h4-5,8-13H,6-7H2,1-3H3,(H,22,23,24,25). The Kier molecular flexibility index (Phi) is 5.04. The zero-order valence-corrected chi connectivity index (χ0v) is 16.9. The van der Waals surface area contributed by atoms with Crippen LogP contribution in [0, 0.1) is 5.92 Å². The number of carbonyl (C=O) groups excluding carboxylic acids is 1. The predicted octanol–water partition coefficient (Wildman–Crippen LogP) is 4.23. The molecule has 1 fully saturated rings. The summed E-state index contributed by atoms with van der Waals surface area (Å²) in [6, 6.07) is 7.73. The lowest BCUT2D eigenvalue weighted by atomic mass is 10.0. The molecule has 144 valence electrons. The van der Waals surface area contributed by atoms with Crippen LogP contribution < -0.4 is 10.2 Å². The Morgan fingerprint density at radius 2 is 2.07 bits per heavy atom. The van der Waals surface area contributed by atoms with Crippen LogP contribution in [0.4, 0.5) is 16.6 Å². The van der Waals surface area contributed by atoms with Crippen molar-refractivity contribution >= 4 is 34.1 Å². The lowest BCUT2D eigenvalue weighted by molar-refractivity contribution is -0.119. The number of carbonyl (C=O) groups is 1. The second-order valence-corrected chi connectivity index (χ2v) is 7.97. The lowest BCUT2D eigenvalue weighted by Gasteiger charge is -2.19. The first-order chi connectivity index (χ1) is 13.5. The summed E-state index contributed by atoms with van der Waals surface area (Å²) < 4.78 is 4.43. The van der Waals surface area contributed by atoms with E-state index in [0.717, 1.165) is 24.2 Å². The molecule has 3 aromatic rings. The summed E-state index contributed by atoms with van der Waals surface area (Å²) >= 11 is 1.25. The number of amides is 1. The minimum absolute atomic E-state index is 0.128. The molecule has 0 atom stereocenters. The molecule has 0 unspecified atom stereocenters. The van der Waals surface area contributed by atoms with E-state index in [4.69, 9.17) is 0 Å². The van der Waals surface area contributed by atoms with E-state index in [9.17, 15) is 4.79 Å². The van der Waals surface area contributed by atoms with E-state index in [1.165, 1.54) is 17.1 Å². The lowest BCUT2D eigenvalue weighted by Crippen LogP contribution is -2.28. The number of nitrogens with one attached hydrogen (secondary N) is 1. The maximum Gasteiger partial charge on any atom is 0.229 e. The fraction of sp³-hybridized carbons (Fsp3) is 0.350. The summed E-state index contributed by atoms with van der Waals surface area (Å²) in [5.41, 5.74) is 2.68. The van der Waals surface area contributed by atoms with Crippen molar-refractivity contribution < 1.29 is 4.79 Å². The van der Waals surface area contributed by atoms with E-state index in [1.807, 2.05) is 24.3 Å². The summed E-state index contributed by atoms with van der Waals surface area (Å²) in [4.78, 5) is 27.4. The van der Waals surface area contributed by atoms with Gasteiger partial charge in [0.25, 0.3) is 0 Å². The third-order valence-electron chi connectivity index (χ3n) is 4.74. The molecule has 3 heterocycles. The Morgan fingerprint density at radius 3 is 2.82 bits per heavy atom. The van der Waals surface area contributed by atoms with Crippen LogP contribution in [0.2, 0.25) is 0 Å². The van der Waals surface area contributed by atoms with Crippen LogP contribution in [0.5, 0.6) is 0 Å². The molecule has 0 aromatic carbocycles. The minimum Gasteiger partial charge on any atom is -0.313 e. The quantitative estimate of drug-likeness (QED) is 0.673. The summed E-state index contributed by atoms with van der Waals surface area (Å²) in [6.45, 7) is 4.28. The molecule has 0 aliphatic heterocycles. The first-order valence-electron chi connectivity index (χ1n) is 9.32. The SMILES string of the molecule is CC(C)c1ccnc(-c2nsc(Nc3ncccc3N(C)C(=O)C3CC3)n2)c1. The van der Waals surface area contributed by atoms with Crippen LogP contribution in [0.1, 0.15) is 38.2 Å². The first-order valence-corrected chi connectivity index (χ1v) is 10.1. The van der Waals surface area contributed by atoms with Gasteiger partial charge in [-0.2, -0.15) is 9.36 Å². The van der Waals surface area contributed by atoms with Crippen molar-refractivity contribution in [2.24, 2.45) is 5.92 Å². The van der Waals surface area contributed by atoms with Gasteiger partial charge in [-0.1, -0.05) is 13.8 Å². The van der Waals surface area contributed by atoms with Gasteiger partial charge < -0.3 is 10.2 Å². The van der Waals surface area contributed by atoms with Crippen LogP contribution in [0.25, 0.3) is 11.5 Å². The molecule has 0 spiro atoms. The van der Waals surface area contributed by atoms with Crippen molar-refractivity contribution in [2.45, 2.75) is 32.6 Å². The number of hydrogen-bond acceptors (Lipinski definition) is 7. The van der Waals surface area contributed by atoms with Crippen LogP contribution in [-0.2, 0) is 4.79 Å². The van der Waals surface area contributed by atoms with E-state index < -0.39 is 0 Å². The van der Waals surface area contributed by atoms with E-state index in [-0.39, 0.29) is 11.8 Å². The van der Waals surface area contributed by atoms with Crippen molar-refractivity contribution in [1.29, 1.82) is 0 Å². The van der Waals surface area contributed by atoms with E-state index in [0.29, 0.717) is 22.7 Å². The third-order valence-corrected chi connectivity index (χ3v) is 5.37. The zero-order chi connectivity index (χ0) is 19.7. The smallest absolute Gasteiger partial charge is 0.229 e. The maximum atomic E-state index is 12.4. The fourth-order valence-electron chi connectivity index (χ4n) is 2.89. The van der Waals surface area contributed by atoms with Crippen molar-refractivity contribution in [3.05, 3.63) is 42.2 Å². The van der Waals surface area contributed by atoms with Gasteiger partial charge >= 0.3 is 0 Å². The highest BCUT2D eigenvalue weighted by Crippen LogP contribution is 2.34. The molecule has 1 saturated carbocycles. The van der Waals surface area contributed by atoms with E-state index in [2.05, 4.69) is 38.5 Å². The van der Waals surface area contributed by atoms with Gasteiger partial charge in [0, 0.05) is 36.9 Å². The van der Waals surface area contributed by atoms with Gasteiger partial charge in [0.05, 0.1) is 5.69 Å². The summed E-state index contributed by atoms with van der Waals surface area (Å²) in [7, 11) is 1.79. The highest BCUT2D eigenvalue weighted by atomic mass is 32.1. The first kappa shape index (κ1) is 18.5. The van der Waals surface area contributed by atoms with E-state index >= 15 is 0 Å². The Balaban J connectivity index is 1.56. The van der Waals surface area contributed by atoms with Gasteiger partial charge in [-0.3, -0.25) is 9.78 Å². The van der Waals surface area contributed by atoms with E-state index in [1.54, 1.807) is 24.3 Å². The molecule has 4 rings (SSSR count). The Labute approximate surface area is 168 Å². The Morgan fingerprint density at radius 1 is 1.25 bits per heavy atom. The summed E-state index contributed by atoms with van der Waals surface area (Å²) in [5, 5.41) is 3.82. The van der Waals surface area contributed by atoms with Crippen LogP contribution >= 0.6 is 11.5 Å². The summed E-state index contributed by atoms with van der Waals surface area (Å²) in [5.74, 6) is 1.85.